The van der Waals surface area contributed by atoms with E-state index >= 15 is 0 Å². The summed E-state index contributed by atoms with van der Waals surface area (Å²) in [6.45, 7) is 1.30. The maximum Gasteiger partial charge on any atom is 0.270 e. The summed E-state index contributed by atoms with van der Waals surface area (Å²) in [6, 6.07) is 5.25. The number of thiophene rings is 2. The molecule has 0 atom stereocenters. The first-order valence-corrected chi connectivity index (χ1v) is 9.41. The Hall–Kier alpha value is -2.67. The van der Waals surface area contributed by atoms with Gasteiger partial charge in [-0.15, -0.1) is 22.7 Å². The van der Waals surface area contributed by atoms with Crippen molar-refractivity contribution in [2.24, 2.45) is 0 Å². The lowest BCUT2D eigenvalue weighted by Crippen LogP contribution is -2.30. The van der Waals surface area contributed by atoms with Crippen molar-refractivity contribution >= 4 is 38.8 Å². The zero-order chi connectivity index (χ0) is 18.8. The molecule has 0 saturated heterocycles. The molecule has 0 aliphatic heterocycles. The summed E-state index contributed by atoms with van der Waals surface area (Å²) in [5.74, 6) is -0.481. The third kappa shape index (κ3) is 3.35. The van der Waals surface area contributed by atoms with Crippen LogP contribution in [0.2, 0.25) is 0 Å². The summed E-state index contributed by atoms with van der Waals surface area (Å²) in [6.07, 6.45) is 0. The number of fused-ring (bicyclic) bond motifs is 1. The van der Waals surface area contributed by atoms with Crippen LogP contribution in [-0.2, 0) is 0 Å². The molecule has 3 heterocycles. The van der Waals surface area contributed by atoms with Crippen LogP contribution in [0.15, 0.2) is 22.3 Å². The van der Waals surface area contributed by atoms with E-state index in [9.17, 15) is 14.7 Å². The fourth-order valence-electron chi connectivity index (χ4n) is 2.45. The Balaban J connectivity index is 1.94. The van der Waals surface area contributed by atoms with Crippen molar-refractivity contribution in [3.63, 3.8) is 0 Å². The Labute approximate surface area is 157 Å². The van der Waals surface area contributed by atoms with Crippen molar-refractivity contribution in [2.45, 2.75) is 0 Å². The van der Waals surface area contributed by atoms with Gasteiger partial charge >= 0.3 is 0 Å². The maximum absolute atomic E-state index is 12.2. The minimum absolute atomic E-state index is 0.155. The van der Waals surface area contributed by atoms with Crippen molar-refractivity contribution in [1.29, 1.82) is 5.26 Å². The van der Waals surface area contributed by atoms with E-state index in [0.717, 1.165) is 11.4 Å². The van der Waals surface area contributed by atoms with Crippen LogP contribution < -0.4 is 10.9 Å². The summed E-state index contributed by atoms with van der Waals surface area (Å²) in [4.78, 5) is 30.4. The zero-order valence-electron chi connectivity index (χ0n) is 14.1. The van der Waals surface area contributed by atoms with Gasteiger partial charge in [-0.25, -0.2) is 0 Å². The molecule has 0 fully saturated rings. The first-order valence-electron chi connectivity index (χ1n) is 7.72. The Morgan fingerprint density at radius 1 is 1.42 bits per heavy atom. The van der Waals surface area contributed by atoms with Crippen LogP contribution in [0.5, 0.6) is 5.75 Å². The second kappa shape index (κ2) is 7.29. The largest absolute Gasteiger partial charge is 0.506 e. The first kappa shape index (κ1) is 18.1. The number of carbonyl (C=O) groups excluding carboxylic acids is 1. The van der Waals surface area contributed by atoms with E-state index < -0.39 is 5.56 Å². The van der Waals surface area contributed by atoms with E-state index in [2.05, 4.69) is 10.3 Å². The standard InChI is InChI=1S/C17H16N4O3S2/c1-21(2)6-5-19-16(24)12-4-3-11(26-12)10-8-25-17-13(10)14(22)9(7-18)15(23)20-17/h3-4,8H,5-6H2,1-2H3,(H,19,24)(H2,20,22,23). The summed E-state index contributed by atoms with van der Waals surface area (Å²) in [7, 11) is 3.87. The van der Waals surface area contributed by atoms with Crippen molar-refractivity contribution in [3.05, 3.63) is 38.3 Å². The molecule has 1 amide bonds. The zero-order valence-corrected chi connectivity index (χ0v) is 15.8. The molecule has 0 bridgehead atoms. The Morgan fingerprint density at radius 2 is 2.19 bits per heavy atom. The second-order valence-electron chi connectivity index (χ2n) is 5.87. The normalized spacial score (nSPS) is 11.0. The van der Waals surface area contributed by atoms with Gasteiger partial charge < -0.3 is 20.3 Å². The molecular formula is C17H16N4O3S2. The number of amides is 1. The average Bonchev–Trinajstić information content (AvgIpc) is 3.21. The number of H-pyrrole nitrogens is 1. The van der Waals surface area contributed by atoms with Crippen molar-refractivity contribution in [1.82, 2.24) is 15.2 Å². The molecule has 7 nitrogen and oxygen atoms in total. The number of rotatable bonds is 5. The molecule has 0 spiro atoms. The fraction of sp³-hybridized carbons (Fsp3) is 0.235. The molecule has 9 heteroatoms. The lowest BCUT2D eigenvalue weighted by molar-refractivity contribution is 0.0955. The predicted octanol–water partition coefficient (Wildman–Crippen LogP) is 2.19. The Kier molecular flexibility index (Phi) is 5.08. The number of nitrogens with one attached hydrogen (secondary N) is 2. The quantitative estimate of drug-likeness (QED) is 0.621. The van der Waals surface area contributed by atoms with Crippen molar-refractivity contribution in [3.8, 4) is 22.3 Å². The van der Waals surface area contributed by atoms with E-state index in [0.29, 0.717) is 27.2 Å². The number of nitriles is 1. The number of nitrogens with zero attached hydrogens (tertiary/aromatic N) is 2. The van der Waals surface area contributed by atoms with Gasteiger partial charge in [-0.2, -0.15) is 5.26 Å². The fourth-order valence-corrected chi connectivity index (χ4v) is 4.43. The van der Waals surface area contributed by atoms with E-state index in [1.165, 1.54) is 22.7 Å². The van der Waals surface area contributed by atoms with E-state index in [-0.39, 0.29) is 17.2 Å². The Bertz CT molecular complexity index is 1070. The highest BCUT2D eigenvalue weighted by Gasteiger charge is 2.19. The summed E-state index contributed by atoms with van der Waals surface area (Å²) in [5.41, 5.74) is -0.235. The second-order valence-corrected chi connectivity index (χ2v) is 7.83. The van der Waals surface area contributed by atoms with Crippen LogP contribution in [0.4, 0.5) is 0 Å². The van der Waals surface area contributed by atoms with E-state index in [1.807, 2.05) is 19.0 Å². The van der Waals surface area contributed by atoms with Crippen LogP contribution >= 0.6 is 22.7 Å². The minimum Gasteiger partial charge on any atom is -0.506 e. The van der Waals surface area contributed by atoms with Gasteiger partial charge in [0.1, 0.15) is 16.6 Å². The number of pyridine rings is 1. The molecule has 0 saturated carbocycles. The minimum atomic E-state index is -0.613. The lowest BCUT2D eigenvalue weighted by atomic mass is 10.1. The molecule has 3 aromatic rings. The first-order chi connectivity index (χ1) is 12.4. The topological polar surface area (TPSA) is 109 Å². The third-order valence-corrected chi connectivity index (χ3v) is 5.78. The number of aromatic amines is 1. The smallest absolute Gasteiger partial charge is 0.270 e. The molecule has 0 aliphatic rings. The Morgan fingerprint density at radius 3 is 2.88 bits per heavy atom. The average molecular weight is 388 g/mol. The van der Waals surface area contributed by atoms with Gasteiger partial charge in [0.15, 0.2) is 5.56 Å². The van der Waals surface area contributed by atoms with Gasteiger partial charge in [0.25, 0.3) is 11.5 Å². The molecule has 0 aromatic carbocycles. The lowest BCUT2D eigenvalue weighted by Gasteiger charge is -2.09. The third-order valence-electron chi connectivity index (χ3n) is 3.77. The van der Waals surface area contributed by atoms with Gasteiger partial charge in [-0.3, -0.25) is 9.59 Å². The number of hydrogen-bond donors (Lipinski definition) is 3. The number of hydrogen-bond acceptors (Lipinski definition) is 7. The SMILES string of the molecule is CN(C)CCNC(=O)c1ccc(-c2csc3[nH]c(=O)c(C#N)c(O)c23)s1. The van der Waals surface area contributed by atoms with Crippen molar-refractivity contribution < 1.29 is 9.90 Å². The van der Waals surface area contributed by atoms with Gasteiger partial charge in [-0.05, 0) is 26.2 Å². The summed E-state index contributed by atoms with van der Waals surface area (Å²) < 4.78 is 0. The molecule has 26 heavy (non-hydrogen) atoms. The highest BCUT2D eigenvalue weighted by atomic mass is 32.1. The number of likely N-dealkylation sites (N-methyl/N-ethyl adjacent to an activating group) is 1. The summed E-state index contributed by atoms with van der Waals surface area (Å²) in [5, 5.41) is 24.5. The molecule has 0 radical (unpaired) electrons. The molecular weight excluding hydrogens is 372 g/mol. The van der Waals surface area contributed by atoms with Gasteiger partial charge in [0, 0.05) is 28.9 Å². The number of aromatic hydroxyl groups is 1. The van der Waals surface area contributed by atoms with Crippen LogP contribution in [0.1, 0.15) is 15.2 Å². The van der Waals surface area contributed by atoms with Gasteiger partial charge in [0.05, 0.1) is 10.3 Å². The number of carbonyl (C=O) groups is 1. The molecule has 134 valence electrons. The molecule has 3 N–H and O–H groups in total. The molecule has 3 aromatic heterocycles. The number of aromatic nitrogens is 1. The van der Waals surface area contributed by atoms with Gasteiger partial charge in [0.2, 0.25) is 0 Å². The molecule has 0 unspecified atom stereocenters. The van der Waals surface area contributed by atoms with Crippen molar-refractivity contribution in [2.75, 3.05) is 27.2 Å². The predicted molar refractivity (Wildman–Crippen MR) is 103 cm³/mol. The highest BCUT2D eigenvalue weighted by Crippen LogP contribution is 2.41. The van der Waals surface area contributed by atoms with Crippen LogP contribution in [0, 0.1) is 11.3 Å². The van der Waals surface area contributed by atoms with Crippen LogP contribution in [0.25, 0.3) is 20.7 Å². The van der Waals surface area contributed by atoms with Crippen LogP contribution in [-0.4, -0.2) is 48.1 Å². The monoisotopic (exact) mass is 388 g/mol. The van der Waals surface area contributed by atoms with Crippen LogP contribution in [0.3, 0.4) is 0 Å². The van der Waals surface area contributed by atoms with E-state index in [4.69, 9.17) is 5.26 Å². The summed E-state index contributed by atoms with van der Waals surface area (Å²) >= 11 is 2.56. The van der Waals surface area contributed by atoms with Gasteiger partial charge in [-0.1, -0.05) is 0 Å². The molecule has 3 rings (SSSR count). The van der Waals surface area contributed by atoms with E-state index in [1.54, 1.807) is 23.6 Å². The maximum atomic E-state index is 12.2. The molecule has 0 aliphatic carbocycles. The highest BCUT2D eigenvalue weighted by molar-refractivity contribution is 7.20.